The molecule has 6 heteroatoms. The molecule has 2 N–H and O–H groups in total. The smallest absolute Gasteiger partial charge is 0.344 e. The molecule has 3 aromatic rings. The van der Waals surface area contributed by atoms with E-state index < -0.39 is 5.63 Å². The largest absolute Gasteiger partial charge is 0.507 e. The van der Waals surface area contributed by atoms with E-state index in [0.29, 0.717) is 40.3 Å². The van der Waals surface area contributed by atoms with Crippen molar-refractivity contribution in [2.45, 2.75) is 13.5 Å². The third-order valence-corrected chi connectivity index (χ3v) is 4.62. The van der Waals surface area contributed by atoms with E-state index in [9.17, 15) is 9.90 Å². The van der Waals surface area contributed by atoms with Crippen molar-refractivity contribution in [1.29, 1.82) is 0 Å². The van der Waals surface area contributed by atoms with Gasteiger partial charge in [0.25, 0.3) is 0 Å². The summed E-state index contributed by atoms with van der Waals surface area (Å²) < 4.78 is 16.3. The van der Waals surface area contributed by atoms with Gasteiger partial charge in [0.05, 0.1) is 39.4 Å². The number of ether oxygens (including phenoxy) is 2. The fraction of sp³-hybridized carbons (Fsp3) is 0.286. The quantitative estimate of drug-likeness (QED) is 0.673. The molecule has 0 aliphatic rings. The molecule has 3 rings (SSSR count). The summed E-state index contributed by atoms with van der Waals surface area (Å²) in [6, 6.07) is 8.75. The summed E-state index contributed by atoms with van der Waals surface area (Å²) in [4.78, 5) is 13.9. The Morgan fingerprint density at radius 1 is 1.07 bits per heavy atom. The lowest BCUT2D eigenvalue weighted by atomic mass is 9.97. The normalized spacial score (nSPS) is 11.2. The number of rotatable bonds is 5. The van der Waals surface area contributed by atoms with Gasteiger partial charge in [-0.05, 0) is 42.3 Å². The monoisotopic (exact) mass is 370 g/mol. The van der Waals surface area contributed by atoms with Gasteiger partial charge in [-0.3, -0.25) is 0 Å². The number of benzene rings is 2. The van der Waals surface area contributed by atoms with Crippen LogP contribution >= 0.6 is 0 Å². The standard InChI is InChI=1S/C21H23NO5/c1-12-14-7-8-16(23)15(11-22(2)3)20(14)27-21(24)19(12)13-6-9-17(25-4)18(10-13)26-5/h6-10,23H,11H2,1-5H3/p+1. The zero-order chi connectivity index (χ0) is 19.7. The molecule has 0 bridgehead atoms. The fourth-order valence-corrected chi connectivity index (χ4v) is 3.31. The molecular weight excluding hydrogens is 346 g/mol. The van der Waals surface area contributed by atoms with Gasteiger partial charge < -0.3 is 23.9 Å². The molecule has 0 radical (unpaired) electrons. The topological polar surface area (TPSA) is 73.3 Å². The van der Waals surface area contributed by atoms with E-state index in [1.165, 1.54) is 0 Å². The first-order valence-corrected chi connectivity index (χ1v) is 8.67. The third-order valence-electron chi connectivity index (χ3n) is 4.62. The predicted octanol–water partition coefficient (Wildman–Crippen LogP) is 2.14. The Labute approximate surface area is 157 Å². The van der Waals surface area contributed by atoms with Crippen LogP contribution in [0.1, 0.15) is 11.1 Å². The minimum Gasteiger partial charge on any atom is -0.507 e. The van der Waals surface area contributed by atoms with E-state index in [1.807, 2.05) is 21.0 Å². The summed E-state index contributed by atoms with van der Waals surface area (Å²) in [6.45, 7) is 2.43. The lowest BCUT2D eigenvalue weighted by molar-refractivity contribution is -0.872. The molecule has 0 fully saturated rings. The molecule has 0 spiro atoms. The van der Waals surface area contributed by atoms with E-state index in [0.717, 1.165) is 15.8 Å². The number of nitrogens with one attached hydrogen (secondary N) is 1. The number of fused-ring (bicyclic) bond motifs is 1. The van der Waals surface area contributed by atoms with E-state index >= 15 is 0 Å². The number of hydrogen-bond acceptors (Lipinski definition) is 5. The summed E-state index contributed by atoms with van der Waals surface area (Å²) in [6.07, 6.45) is 0. The van der Waals surface area contributed by atoms with Gasteiger partial charge in [0.15, 0.2) is 17.1 Å². The molecule has 27 heavy (non-hydrogen) atoms. The van der Waals surface area contributed by atoms with Crippen molar-refractivity contribution in [3.05, 3.63) is 51.9 Å². The summed E-state index contributed by atoms with van der Waals surface area (Å²) in [7, 11) is 7.06. The molecule has 0 aliphatic carbocycles. The molecule has 1 aromatic heterocycles. The van der Waals surface area contributed by atoms with Gasteiger partial charge >= 0.3 is 5.63 Å². The first-order valence-electron chi connectivity index (χ1n) is 8.67. The van der Waals surface area contributed by atoms with E-state index in [1.54, 1.807) is 44.6 Å². The summed E-state index contributed by atoms with van der Waals surface area (Å²) in [5.74, 6) is 1.26. The van der Waals surface area contributed by atoms with Crippen molar-refractivity contribution in [3.8, 4) is 28.4 Å². The second-order valence-corrected chi connectivity index (χ2v) is 6.78. The summed E-state index contributed by atoms with van der Waals surface area (Å²) in [5, 5.41) is 11.0. The number of aromatic hydroxyl groups is 1. The Hall–Kier alpha value is -2.99. The molecular formula is C21H24NO5+. The van der Waals surface area contributed by atoms with Crippen LogP contribution in [0.25, 0.3) is 22.1 Å². The Morgan fingerprint density at radius 3 is 2.41 bits per heavy atom. The molecule has 0 aliphatic heterocycles. The van der Waals surface area contributed by atoms with Crippen LogP contribution in [0.5, 0.6) is 17.2 Å². The molecule has 0 unspecified atom stereocenters. The van der Waals surface area contributed by atoms with E-state index in [2.05, 4.69) is 0 Å². The predicted molar refractivity (Wildman–Crippen MR) is 104 cm³/mol. The van der Waals surface area contributed by atoms with Crippen LogP contribution in [0.15, 0.2) is 39.5 Å². The van der Waals surface area contributed by atoms with Gasteiger partial charge in [-0.25, -0.2) is 4.79 Å². The van der Waals surface area contributed by atoms with Crippen LogP contribution in [0.4, 0.5) is 0 Å². The molecule has 6 nitrogen and oxygen atoms in total. The maximum absolute atomic E-state index is 12.8. The molecule has 0 atom stereocenters. The Kier molecular flexibility index (Phi) is 5.10. The SMILES string of the molecule is COc1ccc(-c2c(C)c3ccc(O)c(C[NH+](C)C)c3oc2=O)cc1OC. The minimum atomic E-state index is -0.451. The molecule has 142 valence electrons. The molecule has 0 saturated carbocycles. The average Bonchev–Trinajstić information content (AvgIpc) is 2.63. The Bertz CT molecular complexity index is 1050. The molecule has 0 amide bonds. The summed E-state index contributed by atoms with van der Waals surface area (Å²) >= 11 is 0. The highest BCUT2D eigenvalue weighted by Crippen LogP contribution is 2.35. The van der Waals surface area contributed by atoms with Gasteiger partial charge in [0.1, 0.15) is 12.3 Å². The zero-order valence-corrected chi connectivity index (χ0v) is 16.2. The van der Waals surface area contributed by atoms with Crippen molar-refractivity contribution in [3.63, 3.8) is 0 Å². The third kappa shape index (κ3) is 3.36. The lowest BCUT2D eigenvalue weighted by Crippen LogP contribution is -3.04. The van der Waals surface area contributed by atoms with Crippen molar-refractivity contribution in [2.24, 2.45) is 0 Å². The van der Waals surface area contributed by atoms with Crippen LogP contribution < -0.4 is 20.0 Å². The highest BCUT2D eigenvalue weighted by atomic mass is 16.5. The number of phenols is 1. The highest BCUT2D eigenvalue weighted by molar-refractivity contribution is 5.90. The number of quaternary nitrogens is 1. The van der Waals surface area contributed by atoms with Crippen molar-refractivity contribution < 1.29 is 23.9 Å². The second kappa shape index (κ2) is 7.32. The first-order chi connectivity index (χ1) is 12.9. The van der Waals surface area contributed by atoms with Gasteiger partial charge in [0.2, 0.25) is 0 Å². The first kappa shape index (κ1) is 18.8. The minimum absolute atomic E-state index is 0.130. The molecule has 0 saturated heterocycles. The Morgan fingerprint density at radius 2 is 1.78 bits per heavy atom. The number of methoxy groups -OCH3 is 2. The van der Waals surface area contributed by atoms with Gasteiger partial charge in [-0.2, -0.15) is 0 Å². The van der Waals surface area contributed by atoms with Gasteiger partial charge in [-0.1, -0.05) is 6.07 Å². The van der Waals surface area contributed by atoms with Crippen molar-refractivity contribution >= 4 is 11.0 Å². The highest BCUT2D eigenvalue weighted by Gasteiger charge is 2.20. The van der Waals surface area contributed by atoms with Gasteiger partial charge in [0, 0.05) is 5.39 Å². The second-order valence-electron chi connectivity index (χ2n) is 6.78. The fourth-order valence-electron chi connectivity index (χ4n) is 3.31. The maximum Gasteiger partial charge on any atom is 0.344 e. The molecule has 2 aromatic carbocycles. The summed E-state index contributed by atoms with van der Waals surface area (Å²) in [5.41, 5.74) is 2.57. The van der Waals surface area contributed by atoms with Gasteiger partial charge in [-0.15, -0.1) is 0 Å². The van der Waals surface area contributed by atoms with Crippen LogP contribution in [0.2, 0.25) is 0 Å². The van der Waals surface area contributed by atoms with Crippen molar-refractivity contribution in [1.82, 2.24) is 0 Å². The number of aryl methyl sites for hydroxylation is 1. The lowest BCUT2D eigenvalue weighted by Gasteiger charge is -2.14. The molecule has 1 heterocycles. The Balaban J connectivity index is 2.28. The number of hydrogen-bond donors (Lipinski definition) is 2. The van der Waals surface area contributed by atoms with E-state index in [4.69, 9.17) is 13.9 Å². The zero-order valence-electron chi connectivity index (χ0n) is 16.2. The number of phenolic OH excluding ortho intramolecular Hbond substituents is 1. The van der Waals surface area contributed by atoms with E-state index in [-0.39, 0.29) is 5.75 Å². The maximum atomic E-state index is 12.8. The average molecular weight is 370 g/mol. The van der Waals surface area contributed by atoms with Crippen LogP contribution in [0.3, 0.4) is 0 Å². The van der Waals surface area contributed by atoms with Crippen LogP contribution in [-0.2, 0) is 6.54 Å². The van der Waals surface area contributed by atoms with Crippen molar-refractivity contribution in [2.75, 3.05) is 28.3 Å². The van der Waals surface area contributed by atoms with Crippen LogP contribution in [-0.4, -0.2) is 33.4 Å². The van der Waals surface area contributed by atoms with Crippen LogP contribution in [0, 0.1) is 6.92 Å².